The summed E-state index contributed by atoms with van der Waals surface area (Å²) in [7, 11) is 0. The fourth-order valence-electron chi connectivity index (χ4n) is 1.25. The zero-order valence-corrected chi connectivity index (χ0v) is 9.83. The lowest BCUT2D eigenvalue weighted by atomic mass is 10.3. The Morgan fingerprint density at radius 2 is 2.06 bits per heavy atom. The van der Waals surface area contributed by atoms with E-state index < -0.39 is 0 Å². The minimum Gasteiger partial charge on any atom is -0.378 e. The van der Waals surface area contributed by atoms with Gasteiger partial charge in [0, 0.05) is 12.4 Å². The molecule has 0 atom stereocenters. The minimum absolute atomic E-state index is 0.521. The van der Waals surface area contributed by atoms with Crippen molar-refractivity contribution in [3.8, 4) is 0 Å². The molecule has 0 radical (unpaired) electrons. The van der Waals surface area contributed by atoms with Crippen molar-refractivity contribution in [1.82, 2.24) is 9.97 Å². The lowest BCUT2D eigenvalue weighted by molar-refractivity contribution is 1.01. The van der Waals surface area contributed by atoms with Gasteiger partial charge in [-0.1, -0.05) is 29.3 Å². The maximum atomic E-state index is 6.03. The summed E-state index contributed by atoms with van der Waals surface area (Å²) < 4.78 is 0. The van der Waals surface area contributed by atoms with Crippen LogP contribution in [0.2, 0.25) is 10.0 Å². The lowest BCUT2D eigenvalue weighted by Crippen LogP contribution is -2.02. The normalized spacial score (nSPS) is 10.1. The molecule has 1 heterocycles. The number of halogens is 2. The number of rotatable bonds is 3. The Hall–Kier alpha value is -1.32. The minimum atomic E-state index is 0.521. The van der Waals surface area contributed by atoms with E-state index in [1.54, 1.807) is 24.7 Å². The number of benzene rings is 1. The molecule has 0 saturated carbocycles. The molecule has 1 aromatic heterocycles. The highest BCUT2D eigenvalue weighted by molar-refractivity contribution is 6.43. The second-order valence-electron chi connectivity index (χ2n) is 3.15. The van der Waals surface area contributed by atoms with Crippen LogP contribution < -0.4 is 5.32 Å². The maximum Gasteiger partial charge on any atom is 0.0823 e. The zero-order chi connectivity index (χ0) is 11.4. The van der Waals surface area contributed by atoms with E-state index in [2.05, 4.69) is 15.3 Å². The predicted molar refractivity (Wildman–Crippen MR) is 65.8 cm³/mol. The van der Waals surface area contributed by atoms with Gasteiger partial charge in [0.05, 0.1) is 34.2 Å². The molecule has 1 aromatic carbocycles. The smallest absolute Gasteiger partial charge is 0.0823 e. The third kappa shape index (κ3) is 2.62. The van der Waals surface area contributed by atoms with Gasteiger partial charge in [0.1, 0.15) is 0 Å². The van der Waals surface area contributed by atoms with Crippen molar-refractivity contribution in [1.29, 1.82) is 0 Å². The van der Waals surface area contributed by atoms with Crippen molar-refractivity contribution in [3.63, 3.8) is 0 Å². The number of nitrogens with one attached hydrogen (secondary N) is 1. The molecule has 0 aliphatic rings. The number of nitrogens with zero attached hydrogens (tertiary/aromatic N) is 2. The summed E-state index contributed by atoms with van der Waals surface area (Å²) in [6, 6.07) is 5.45. The van der Waals surface area contributed by atoms with Crippen LogP contribution in [0.15, 0.2) is 36.8 Å². The molecule has 0 spiro atoms. The van der Waals surface area contributed by atoms with Gasteiger partial charge in [-0.3, -0.25) is 9.97 Å². The van der Waals surface area contributed by atoms with Gasteiger partial charge in [-0.2, -0.15) is 0 Å². The van der Waals surface area contributed by atoms with Gasteiger partial charge >= 0.3 is 0 Å². The molecule has 0 fully saturated rings. The predicted octanol–water partition coefficient (Wildman–Crippen LogP) is 3.40. The molecule has 0 saturated heterocycles. The molecule has 3 nitrogen and oxygen atoms in total. The van der Waals surface area contributed by atoms with Crippen LogP contribution >= 0.6 is 23.2 Å². The zero-order valence-electron chi connectivity index (χ0n) is 8.32. The Kier molecular flexibility index (Phi) is 3.59. The Balaban J connectivity index is 2.08. The molecule has 0 amide bonds. The highest BCUT2D eigenvalue weighted by Gasteiger charge is 2.03. The molecular formula is C11H9Cl2N3. The van der Waals surface area contributed by atoms with Crippen molar-refractivity contribution in [2.45, 2.75) is 6.54 Å². The van der Waals surface area contributed by atoms with Gasteiger partial charge in [-0.05, 0) is 12.1 Å². The van der Waals surface area contributed by atoms with Gasteiger partial charge in [-0.15, -0.1) is 0 Å². The second-order valence-corrected chi connectivity index (χ2v) is 3.94. The van der Waals surface area contributed by atoms with E-state index in [1.165, 1.54) is 0 Å². The number of hydrogen-bond acceptors (Lipinski definition) is 3. The van der Waals surface area contributed by atoms with Crippen molar-refractivity contribution in [2.75, 3.05) is 5.32 Å². The van der Waals surface area contributed by atoms with Crippen LogP contribution in [0.1, 0.15) is 5.69 Å². The van der Waals surface area contributed by atoms with E-state index in [1.807, 2.05) is 12.1 Å². The first-order valence-electron chi connectivity index (χ1n) is 4.70. The molecule has 82 valence electrons. The van der Waals surface area contributed by atoms with E-state index in [0.717, 1.165) is 11.4 Å². The van der Waals surface area contributed by atoms with Crippen molar-refractivity contribution < 1.29 is 0 Å². The summed E-state index contributed by atoms with van der Waals surface area (Å²) in [4.78, 5) is 8.12. The van der Waals surface area contributed by atoms with Gasteiger partial charge in [0.2, 0.25) is 0 Å². The fraction of sp³-hybridized carbons (Fsp3) is 0.0909. The topological polar surface area (TPSA) is 37.8 Å². The quantitative estimate of drug-likeness (QED) is 0.912. The number of aromatic nitrogens is 2. The summed E-state index contributed by atoms with van der Waals surface area (Å²) in [5.74, 6) is 0. The molecule has 2 aromatic rings. The summed E-state index contributed by atoms with van der Waals surface area (Å²) in [5.41, 5.74) is 1.64. The molecule has 2 rings (SSSR count). The Morgan fingerprint density at radius 3 is 2.81 bits per heavy atom. The molecule has 0 unspecified atom stereocenters. The van der Waals surface area contributed by atoms with Crippen LogP contribution in [0.3, 0.4) is 0 Å². The first kappa shape index (κ1) is 11.2. The van der Waals surface area contributed by atoms with E-state index >= 15 is 0 Å². The Bertz CT molecular complexity index is 474. The van der Waals surface area contributed by atoms with Gasteiger partial charge in [0.25, 0.3) is 0 Å². The standard InChI is InChI=1S/C11H9Cl2N3/c12-9-2-1-3-10(11(9)13)16-7-8-6-14-4-5-15-8/h1-6,16H,7H2. The monoisotopic (exact) mass is 253 g/mol. The highest BCUT2D eigenvalue weighted by atomic mass is 35.5. The van der Waals surface area contributed by atoms with Crippen LogP contribution in [0.4, 0.5) is 5.69 Å². The summed E-state index contributed by atoms with van der Waals surface area (Å²) in [6.45, 7) is 0.563. The number of hydrogen-bond donors (Lipinski definition) is 1. The molecule has 0 aliphatic heterocycles. The van der Waals surface area contributed by atoms with Crippen LogP contribution in [0.25, 0.3) is 0 Å². The third-order valence-electron chi connectivity index (χ3n) is 2.03. The average Bonchev–Trinajstić information content (AvgIpc) is 2.32. The van der Waals surface area contributed by atoms with Crippen molar-refractivity contribution >= 4 is 28.9 Å². The van der Waals surface area contributed by atoms with Crippen molar-refractivity contribution in [3.05, 3.63) is 52.5 Å². The lowest BCUT2D eigenvalue weighted by Gasteiger charge is -2.08. The van der Waals surface area contributed by atoms with E-state index in [0.29, 0.717) is 16.6 Å². The average molecular weight is 254 g/mol. The summed E-state index contributed by atoms with van der Waals surface area (Å²) >= 11 is 11.9. The Morgan fingerprint density at radius 1 is 1.19 bits per heavy atom. The van der Waals surface area contributed by atoms with Crippen LogP contribution in [-0.4, -0.2) is 9.97 Å². The van der Waals surface area contributed by atoms with Crippen LogP contribution in [0, 0.1) is 0 Å². The summed E-state index contributed by atoms with van der Waals surface area (Å²) in [6.07, 6.45) is 4.98. The highest BCUT2D eigenvalue weighted by Crippen LogP contribution is 2.29. The third-order valence-corrected chi connectivity index (χ3v) is 2.85. The summed E-state index contributed by atoms with van der Waals surface area (Å²) in [5, 5.41) is 4.21. The van der Waals surface area contributed by atoms with Crippen LogP contribution in [0.5, 0.6) is 0 Å². The largest absolute Gasteiger partial charge is 0.378 e. The maximum absolute atomic E-state index is 6.03. The molecule has 0 aliphatic carbocycles. The van der Waals surface area contributed by atoms with E-state index in [9.17, 15) is 0 Å². The van der Waals surface area contributed by atoms with E-state index in [4.69, 9.17) is 23.2 Å². The van der Waals surface area contributed by atoms with Gasteiger partial charge in [-0.25, -0.2) is 0 Å². The number of anilines is 1. The van der Waals surface area contributed by atoms with Crippen molar-refractivity contribution in [2.24, 2.45) is 0 Å². The molecule has 5 heteroatoms. The SMILES string of the molecule is Clc1cccc(NCc2cnccn2)c1Cl. The first-order valence-corrected chi connectivity index (χ1v) is 5.46. The van der Waals surface area contributed by atoms with Gasteiger partial charge < -0.3 is 5.32 Å². The molecule has 16 heavy (non-hydrogen) atoms. The van der Waals surface area contributed by atoms with Crippen LogP contribution in [-0.2, 0) is 6.54 Å². The first-order chi connectivity index (χ1) is 7.77. The fourth-order valence-corrected chi connectivity index (χ4v) is 1.61. The molecular weight excluding hydrogens is 245 g/mol. The Labute approximate surface area is 103 Å². The molecule has 1 N–H and O–H groups in total. The van der Waals surface area contributed by atoms with Gasteiger partial charge in [0.15, 0.2) is 0 Å². The van der Waals surface area contributed by atoms with E-state index in [-0.39, 0.29) is 0 Å². The molecule has 0 bridgehead atoms. The second kappa shape index (κ2) is 5.14.